The molecule has 1 heterocycles. The van der Waals surface area contributed by atoms with Crippen molar-refractivity contribution in [2.24, 2.45) is 4.99 Å². The van der Waals surface area contributed by atoms with Gasteiger partial charge in [-0.1, -0.05) is 12.1 Å². The van der Waals surface area contributed by atoms with Crippen molar-refractivity contribution in [3.8, 4) is 0 Å². The number of halogens is 3. The Balaban J connectivity index is 2.34. The summed E-state index contributed by atoms with van der Waals surface area (Å²) in [7, 11) is -3.71. The fourth-order valence-electron chi connectivity index (χ4n) is 1.83. The maximum absolute atomic E-state index is 12.2. The Morgan fingerprint density at radius 1 is 1.32 bits per heavy atom. The molecule has 19 heavy (non-hydrogen) atoms. The Bertz CT molecular complexity index is 623. The van der Waals surface area contributed by atoms with Gasteiger partial charge in [0.25, 0.3) is 10.0 Å². The molecule has 1 aliphatic rings. The van der Waals surface area contributed by atoms with E-state index in [0.717, 1.165) is 0 Å². The van der Waals surface area contributed by atoms with E-state index in [1.807, 2.05) is 0 Å². The molecule has 1 aromatic rings. The predicted molar refractivity (Wildman–Crippen MR) is 63.4 cm³/mol. The number of hydrogen-bond donors (Lipinski definition) is 1. The van der Waals surface area contributed by atoms with Crippen LogP contribution in [0.25, 0.3) is 0 Å². The van der Waals surface area contributed by atoms with Crippen LogP contribution in [0.3, 0.4) is 0 Å². The maximum Gasteiger partial charge on any atom is 0.391 e. The first-order chi connectivity index (χ1) is 8.69. The van der Waals surface area contributed by atoms with Gasteiger partial charge >= 0.3 is 6.18 Å². The summed E-state index contributed by atoms with van der Waals surface area (Å²) in [4.78, 5) is 3.84. The number of benzene rings is 1. The van der Waals surface area contributed by atoms with Crippen LogP contribution in [-0.2, 0) is 10.0 Å². The Morgan fingerprint density at radius 2 is 1.95 bits per heavy atom. The van der Waals surface area contributed by atoms with Crippen LogP contribution in [0, 0.1) is 0 Å². The maximum atomic E-state index is 12.2. The Labute approximate surface area is 108 Å². The molecule has 1 N–H and O–H groups in total. The third-order valence-electron chi connectivity index (χ3n) is 2.54. The predicted octanol–water partition coefficient (Wildman–Crippen LogP) is 2.07. The highest BCUT2D eigenvalue weighted by molar-refractivity contribution is 7.90. The van der Waals surface area contributed by atoms with E-state index in [4.69, 9.17) is 0 Å². The minimum atomic E-state index is -4.33. The SMILES string of the molecule is CC(CC(F)(F)F)N=C1NS(=O)(=O)c2ccccc21. The average Bonchev–Trinajstić information content (AvgIpc) is 2.49. The van der Waals surface area contributed by atoms with Gasteiger partial charge < -0.3 is 0 Å². The summed E-state index contributed by atoms with van der Waals surface area (Å²) >= 11 is 0. The van der Waals surface area contributed by atoms with Gasteiger partial charge in [-0.15, -0.1) is 0 Å². The molecular formula is C11H11F3N2O2S. The fraction of sp³-hybridized carbons (Fsp3) is 0.364. The highest BCUT2D eigenvalue weighted by atomic mass is 32.2. The summed E-state index contributed by atoms with van der Waals surface area (Å²) in [6, 6.07) is 4.98. The van der Waals surface area contributed by atoms with E-state index in [-0.39, 0.29) is 10.7 Å². The standard InChI is InChI=1S/C11H11F3N2O2S/c1-7(6-11(12,13)14)15-10-8-4-2-3-5-9(8)19(17,18)16-10/h2-5,7H,6H2,1H3,(H,15,16). The van der Waals surface area contributed by atoms with Gasteiger partial charge in [0.05, 0.1) is 17.4 Å². The van der Waals surface area contributed by atoms with E-state index in [1.54, 1.807) is 12.1 Å². The van der Waals surface area contributed by atoms with Gasteiger partial charge in [0, 0.05) is 5.56 Å². The first kappa shape index (κ1) is 13.9. The van der Waals surface area contributed by atoms with Gasteiger partial charge in [-0.3, -0.25) is 9.71 Å². The highest BCUT2D eigenvalue weighted by Crippen LogP contribution is 2.26. The fourth-order valence-corrected chi connectivity index (χ4v) is 3.07. The molecule has 1 atom stereocenters. The normalized spacial score (nSPS) is 20.9. The highest BCUT2D eigenvalue weighted by Gasteiger charge is 2.33. The third kappa shape index (κ3) is 3.06. The number of hydrogen-bond acceptors (Lipinski definition) is 3. The number of amidine groups is 1. The van der Waals surface area contributed by atoms with Gasteiger partial charge in [-0.2, -0.15) is 13.2 Å². The molecule has 0 saturated heterocycles. The van der Waals surface area contributed by atoms with Crippen LogP contribution in [0.5, 0.6) is 0 Å². The zero-order valence-corrected chi connectivity index (χ0v) is 10.7. The number of nitrogens with zero attached hydrogens (tertiary/aromatic N) is 1. The molecule has 1 aliphatic heterocycles. The molecule has 1 aromatic carbocycles. The molecule has 0 radical (unpaired) electrons. The first-order valence-corrected chi connectivity index (χ1v) is 6.94. The second-order valence-electron chi connectivity index (χ2n) is 4.25. The van der Waals surface area contributed by atoms with Crippen molar-refractivity contribution in [2.45, 2.75) is 30.5 Å². The van der Waals surface area contributed by atoms with E-state index < -0.39 is 28.7 Å². The van der Waals surface area contributed by atoms with Gasteiger partial charge in [0.15, 0.2) is 0 Å². The van der Waals surface area contributed by atoms with E-state index in [1.165, 1.54) is 19.1 Å². The van der Waals surface area contributed by atoms with Gasteiger partial charge in [-0.25, -0.2) is 8.42 Å². The third-order valence-corrected chi connectivity index (χ3v) is 3.94. The van der Waals surface area contributed by atoms with Crippen LogP contribution in [-0.4, -0.2) is 26.5 Å². The van der Waals surface area contributed by atoms with Crippen molar-refractivity contribution < 1.29 is 21.6 Å². The second kappa shape index (κ2) is 4.52. The molecule has 104 valence electrons. The molecule has 0 fully saturated rings. The summed E-state index contributed by atoms with van der Waals surface area (Å²) in [5.41, 5.74) is 0.302. The number of sulfonamides is 1. The number of fused-ring (bicyclic) bond motifs is 1. The quantitative estimate of drug-likeness (QED) is 0.907. The zero-order chi connectivity index (χ0) is 14.3. The lowest BCUT2D eigenvalue weighted by molar-refractivity contribution is -0.137. The Hall–Kier alpha value is -1.57. The molecule has 8 heteroatoms. The molecule has 0 saturated carbocycles. The van der Waals surface area contributed by atoms with Crippen molar-refractivity contribution in [3.63, 3.8) is 0 Å². The van der Waals surface area contributed by atoms with Crippen LogP contribution in [0.1, 0.15) is 18.9 Å². The number of alkyl halides is 3. The lowest BCUT2D eigenvalue weighted by Crippen LogP contribution is -2.25. The topological polar surface area (TPSA) is 58.5 Å². The number of nitrogens with one attached hydrogen (secondary N) is 1. The van der Waals surface area contributed by atoms with Crippen LogP contribution in [0.15, 0.2) is 34.2 Å². The van der Waals surface area contributed by atoms with Crippen LogP contribution in [0.4, 0.5) is 13.2 Å². The Morgan fingerprint density at radius 3 is 2.58 bits per heavy atom. The number of aliphatic imine (C=N–C) groups is 1. The summed E-state index contributed by atoms with van der Waals surface area (Å²) < 4.78 is 62.3. The van der Waals surface area contributed by atoms with Crippen molar-refractivity contribution in [2.75, 3.05) is 0 Å². The van der Waals surface area contributed by atoms with Crippen LogP contribution in [0.2, 0.25) is 0 Å². The van der Waals surface area contributed by atoms with E-state index in [2.05, 4.69) is 9.71 Å². The van der Waals surface area contributed by atoms with Crippen molar-refractivity contribution in [3.05, 3.63) is 29.8 Å². The molecule has 0 aliphatic carbocycles. The molecule has 2 rings (SSSR count). The van der Waals surface area contributed by atoms with Gasteiger partial charge in [-0.05, 0) is 19.1 Å². The zero-order valence-electron chi connectivity index (χ0n) is 9.90. The van der Waals surface area contributed by atoms with Crippen molar-refractivity contribution in [1.82, 2.24) is 4.72 Å². The summed E-state index contributed by atoms with van der Waals surface area (Å²) in [5, 5.41) is 0. The molecule has 0 bridgehead atoms. The van der Waals surface area contributed by atoms with Gasteiger partial charge in [0.1, 0.15) is 5.84 Å². The Kier molecular flexibility index (Phi) is 3.29. The van der Waals surface area contributed by atoms with Crippen LogP contribution < -0.4 is 4.72 Å². The molecule has 0 spiro atoms. The minimum Gasteiger partial charge on any atom is -0.264 e. The second-order valence-corrected chi connectivity index (χ2v) is 5.90. The molecule has 0 amide bonds. The van der Waals surface area contributed by atoms with E-state index in [0.29, 0.717) is 5.56 Å². The lowest BCUT2D eigenvalue weighted by atomic mass is 10.2. The molecule has 0 aromatic heterocycles. The number of rotatable bonds is 2. The average molecular weight is 292 g/mol. The van der Waals surface area contributed by atoms with Crippen molar-refractivity contribution >= 4 is 15.9 Å². The van der Waals surface area contributed by atoms with Crippen LogP contribution >= 0.6 is 0 Å². The van der Waals surface area contributed by atoms with E-state index >= 15 is 0 Å². The summed E-state index contributed by atoms with van der Waals surface area (Å²) in [6.45, 7) is 1.29. The smallest absolute Gasteiger partial charge is 0.264 e. The molecule has 4 nitrogen and oxygen atoms in total. The lowest BCUT2D eigenvalue weighted by Gasteiger charge is -2.10. The van der Waals surface area contributed by atoms with Crippen molar-refractivity contribution in [1.29, 1.82) is 0 Å². The molecule has 1 unspecified atom stereocenters. The largest absolute Gasteiger partial charge is 0.391 e. The monoisotopic (exact) mass is 292 g/mol. The minimum absolute atomic E-state index is 0.0349. The first-order valence-electron chi connectivity index (χ1n) is 5.46. The van der Waals surface area contributed by atoms with Gasteiger partial charge in [0.2, 0.25) is 0 Å². The van der Waals surface area contributed by atoms with E-state index in [9.17, 15) is 21.6 Å². The summed E-state index contributed by atoms with van der Waals surface area (Å²) in [6.07, 6.45) is -5.43. The summed E-state index contributed by atoms with van der Waals surface area (Å²) in [5.74, 6) is -0.0349. The molecular weight excluding hydrogens is 281 g/mol.